The van der Waals surface area contributed by atoms with Crippen LogP contribution in [0, 0.1) is 20.8 Å². The predicted octanol–water partition coefficient (Wildman–Crippen LogP) is 4.48. The van der Waals surface area contributed by atoms with Gasteiger partial charge in [-0.25, -0.2) is 15.0 Å². The van der Waals surface area contributed by atoms with Crippen molar-refractivity contribution in [1.29, 1.82) is 0 Å². The van der Waals surface area contributed by atoms with Gasteiger partial charge in [0.15, 0.2) is 5.89 Å². The van der Waals surface area contributed by atoms with E-state index in [4.69, 9.17) is 14.1 Å². The zero-order valence-electron chi connectivity index (χ0n) is 19.7. The Morgan fingerprint density at radius 3 is 2.55 bits per heavy atom. The van der Waals surface area contributed by atoms with Gasteiger partial charge in [-0.05, 0) is 32.0 Å². The van der Waals surface area contributed by atoms with Crippen molar-refractivity contribution in [3.05, 3.63) is 81.9 Å². The van der Waals surface area contributed by atoms with E-state index in [1.165, 1.54) is 6.26 Å². The molecule has 4 rings (SSSR count). The molecule has 0 aliphatic rings. The van der Waals surface area contributed by atoms with Crippen molar-refractivity contribution >= 4 is 0 Å². The smallest absolute Gasteiger partial charge is 0.264 e. The van der Waals surface area contributed by atoms with Gasteiger partial charge in [0.2, 0.25) is 5.88 Å². The number of ether oxygens (including phenoxy) is 1. The topological polar surface area (TPSA) is 95.9 Å². The van der Waals surface area contributed by atoms with Crippen LogP contribution >= 0.6 is 0 Å². The van der Waals surface area contributed by atoms with Gasteiger partial charge in [0, 0.05) is 24.1 Å². The zero-order chi connectivity index (χ0) is 23.8. The summed E-state index contributed by atoms with van der Waals surface area (Å²) in [6.45, 7) is 11.7. The van der Waals surface area contributed by atoms with Gasteiger partial charge in [-0.2, -0.15) is 4.98 Å². The third-order valence-corrected chi connectivity index (χ3v) is 5.18. The number of aromatic nitrogens is 5. The molecule has 0 amide bonds. The fourth-order valence-electron chi connectivity index (χ4n) is 3.43. The van der Waals surface area contributed by atoms with Crippen molar-refractivity contribution in [3.8, 4) is 22.8 Å². The average molecular weight is 446 g/mol. The highest BCUT2D eigenvalue weighted by Crippen LogP contribution is 2.24. The van der Waals surface area contributed by atoms with Gasteiger partial charge in [0.1, 0.15) is 30.2 Å². The molecule has 0 N–H and O–H groups in total. The number of hydrogen-bond acceptors (Lipinski definition) is 7. The molecular formula is C25H27N5O3. The van der Waals surface area contributed by atoms with E-state index in [9.17, 15) is 4.79 Å². The van der Waals surface area contributed by atoms with Crippen LogP contribution in [0.15, 0.2) is 52.0 Å². The third-order valence-electron chi connectivity index (χ3n) is 5.18. The number of nitrogens with zero attached hydrogens (tertiary/aromatic N) is 5. The lowest BCUT2D eigenvalue weighted by molar-refractivity contribution is 0.284. The van der Waals surface area contributed by atoms with Gasteiger partial charge >= 0.3 is 0 Å². The molecular weight excluding hydrogens is 418 g/mol. The maximum atomic E-state index is 13.2. The first-order chi connectivity index (χ1) is 15.6. The maximum absolute atomic E-state index is 13.2. The molecule has 0 radical (unpaired) electrons. The Hall–Kier alpha value is -3.81. The van der Waals surface area contributed by atoms with Gasteiger partial charge in [-0.3, -0.25) is 9.36 Å². The molecule has 0 bridgehead atoms. The molecule has 4 aromatic rings. The number of benzene rings is 1. The fraction of sp³-hybridized carbons (Fsp3) is 0.320. The van der Waals surface area contributed by atoms with E-state index in [2.05, 4.69) is 35.7 Å². The summed E-state index contributed by atoms with van der Waals surface area (Å²) in [6.07, 6.45) is 3.30. The molecule has 0 spiro atoms. The van der Waals surface area contributed by atoms with E-state index in [1.54, 1.807) is 31.5 Å². The molecule has 8 heteroatoms. The van der Waals surface area contributed by atoms with Crippen molar-refractivity contribution in [2.24, 2.45) is 0 Å². The monoisotopic (exact) mass is 445 g/mol. The van der Waals surface area contributed by atoms with Crippen molar-refractivity contribution < 1.29 is 9.15 Å². The Labute approximate surface area is 192 Å². The molecule has 0 aliphatic carbocycles. The van der Waals surface area contributed by atoms with Crippen molar-refractivity contribution in [2.45, 2.75) is 53.6 Å². The Kier molecular flexibility index (Phi) is 5.84. The van der Waals surface area contributed by atoms with Crippen molar-refractivity contribution in [2.75, 3.05) is 0 Å². The van der Waals surface area contributed by atoms with E-state index < -0.39 is 0 Å². The molecule has 0 aliphatic heterocycles. The fourth-order valence-corrected chi connectivity index (χ4v) is 3.43. The average Bonchev–Trinajstić information content (AvgIpc) is 3.20. The van der Waals surface area contributed by atoms with Gasteiger partial charge in [-0.15, -0.1) is 0 Å². The minimum Gasteiger partial charge on any atom is -0.471 e. The van der Waals surface area contributed by atoms with Crippen LogP contribution in [0.3, 0.4) is 0 Å². The van der Waals surface area contributed by atoms with Crippen molar-refractivity contribution in [1.82, 2.24) is 24.5 Å². The molecule has 0 saturated heterocycles. The number of hydrogen-bond donors (Lipinski definition) is 0. The quantitative estimate of drug-likeness (QED) is 0.447. The minimum absolute atomic E-state index is 0.164. The van der Waals surface area contributed by atoms with E-state index in [1.807, 2.05) is 30.3 Å². The Morgan fingerprint density at radius 2 is 1.85 bits per heavy atom. The molecule has 33 heavy (non-hydrogen) atoms. The molecule has 0 fully saturated rings. The molecule has 3 aromatic heterocycles. The molecule has 0 saturated carbocycles. The summed E-state index contributed by atoms with van der Waals surface area (Å²) in [5, 5.41) is 0. The summed E-state index contributed by atoms with van der Waals surface area (Å²) in [4.78, 5) is 31.1. The Morgan fingerprint density at radius 1 is 1.06 bits per heavy atom. The first-order valence-electron chi connectivity index (χ1n) is 10.7. The van der Waals surface area contributed by atoms with Gasteiger partial charge in [0.25, 0.3) is 5.56 Å². The molecule has 0 atom stereocenters. The second kappa shape index (κ2) is 8.61. The molecule has 1 aromatic carbocycles. The molecule has 3 heterocycles. The Bertz CT molecular complexity index is 1370. The largest absolute Gasteiger partial charge is 0.471 e. The van der Waals surface area contributed by atoms with Crippen LogP contribution in [0.2, 0.25) is 0 Å². The van der Waals surface area contributed by atoms with E-state index in [-0.39, 0.29) is 23.5 Å². The summed E-state index contributed by atoms with van der Waals surface area (Å²) in [6, 6.07) is 9.56. The van der Waals surface area contributed by atoms with Gasteiger partial charge in [-0.1, -0.05) is 32.9 Å². The van der Waals surface area contributed by atoms with Crippen LogP contribution in [0.5, 0.6) is 5.88 Å². The Balaban J connectivity index is 1.69. The van der Waals surface area contributed by atoms with Crippen LogP contribution in [0.1, 0.15) is 49.6 Å². The second-order valence-electron chi connectivity index (χ2n) is 8.94. The first kappa shape index (κ1) is 22.4. The summed E-state index contributed by atoms with van der Waals surface area (Å²) in [7, 11) is 0. The highest BCUT2D eigenvalue weighted by atomic mass is 16.5. The van der Waals surface area contributed by atoms with Crippen LogP contribution in [-0.2, 0) is 12.0 Å². The summed E-state index contributed by atoms with van der Waals surface area (Å²) < 4.78 is 12.5. The second-order valence-corrected chi connectivity index (χ2v) is 8.94. The van der Waals surface area contributed by atoms with E-state index >= 15 is 0 Å². The number of aryl methyl sites for hydroxylation is 2. The summed E-state index contributed by atoms with van der Waals surface area (Å²) in [5.74, 6) is 2.13. The highest BCUT2D eigenvalue weighted by molar-refractivity contribution is 5.62. The van der Waals surface area contributed by atoms with Crippen molar-refractivity contribution in [3.63, 3.8) is 0 Å². The normalized spacial score (nSPS) is 11.6. The maximum Gasteiger partial charge on any atom is 0.264 e. The van der Waals surface area contributed by atoms with E-state index in [0.29, 0.717) is 28.7 Å². The standard InChI is InChI=1S/C25H27N5O3/c1-15-22(33-14-19-13-32-17(3)28-19)27-16(2)30(23(15)31)20-9-7-8-18(12-20)21-10-11-26-24(29-21)25(4,5)6/h7-13H,14H2,1-6H3. The predicted molar refractivity (Wildman–Crippen MR) is 125 cm³/mol. The summed E-state index contributed by atoms with van der Waals surface area (Å²) >= 11 is 0. The lowest BCUT2D eigenvalue weighted by Crippen LogP contribution is -2.25. The SMILES string of the molecule is Cc1nc(COc2nc(C)n(-c3cccc(-c4ccnc(C(C)(C)C)n4)c3)c(=O)c2C)co1. The van der Waals surface area contributed by atoms with Gasteiger partial charge in [0.05, 0.1) is 16.9 Å². The lowest BCUT2D eigenvalue weighted by atomic mass is 9.95. The van der Waals surface area contributed by atoms with Crippen LogP contribution in [0.25, 0.3) is 16.9 Å². The number of oxazole rings is 1. The lowest BCUT2D eigenvalue weighted by Gasteiger charge is -2.17. The van der Waals surface area contributed by atoms with Crippen LogP contribution in [0.4, 0.5) is 0 Å². The van der Waals surface area contributed by atoms with E-state index in [0.717, 1.165) is 17.1 Å². The highest BCUT2D eigenvalue weighted by Gasteiger charge is 2.18. The zero-order valence-corrected chi connectivity index (χ0v) is 19.7. The van der Waals surface area contributed by atoms with Gasteiger partial charge < -0.3 is 9.15 Å². The molecule has 0 unspecified atom stereocenters. The molecule has 8 nitrogen and oxygen atoms in total. The minimum atomic E-state index is -0.191. The molecule has 170 valence electrons. The van der Waals surface area contributed by atoms with Crippen LogP contribution < -0.4 is 10.3 Å². The third kappa shape index (κ3) is 4.69. The number of rotatable bonds is 5. The van der Waals surface area contributed by atoms with Crippen LogP contribution in [-0.4, -0.2) is 24.5 Å². The first-order valence-corrected chi connectivity index (χ1v) is 10.7. The summed E-state index contributed by atoms with van der Waals surface area (Å²) in [5.41, 5.74) is 3.11.